The number of carbonyl (C=O) groups excluding carboxylic acids is 2. The number of carbonyl (C=O) groups is 2. The summed E-state index contributed by atoms with van der Waals surface area (Å²) in [5.41, 5.74) is 12.8. The summed E-state index contributed by atoms with van der Waals surface area (Å²) < 4.78 is 0. The van der Waals surface area contributed by atoms with Crippen molar-refractivity contribution < 1.29 is 9.59 Å². The van der Waals surface area contributed by atoms with Crippen molar-refractivity contribution in [2.24, 2.45) is 17.4 Å². The van der Waals surface area contributed by atoms with Crippen LogP contribution in [0.1, 0.15) is 29.6 Å². The maximum atomic E-state index is 11.9. The molecule has 8 nitrogen and oxygen atoms in total. The molecule has 1 aromatic carbocycles. The van der Waals surface area contributed by atoms with Crippen molar-refractivity contribution in [3.63, 3.8) is 0 Å². The van der Waals surface area contributed by atoms with Gasteiger partial charge in [0.25, 0.3) is 5.91 Å². The van der Waals surface area contributed by atoms with Crippen LogP contribution in [0.2, 0.25) is 0 Å². The molecule has 148 valence electrons. The number of benzene rings is 1. The fourth-order valence-electron chi connectivity index (χ4n) is 3.23. The van der Waals surface area contributed by atoms with Gasteiger partial charge in [0.1, 0.15) is 17.7 Å². The van der Waals surface area contributed by atoms with Crippen LogP contribution in [0.3, 0.4) is 0 Å². The molecule has 6 N–H and O–H groups in total. The number of fused-ring (bicyclic) bond motifs is 1. The Morgan fingerprint density at radius 3 is 2.69 bits per heavy atom. The zero-order chi connectivity index (χ0) is 20.4. The van der Waals surface area contributed by atoms with E-state index in [0.29, 0.717) is 29.7 Å². The van der Waals surface area contributed by atoms with Crippen LogP contribution in [0.15, 0.2) is 48.7 Å². The predicted molar refractivity (Wildman–Crippen MR) is 112 cm³/mol. The number of aromatic nitrogens is 2. The highest BCUT2D eigenvalue weighted by Gasteiger charge is 2.28. The number of amides is 2. The van der Waals surface area contributed by atoms with Gasteiger partial charge in [-0.15, -0.1) is 0 Å². The molecule has 0 radical (unpaired) electrons. The monoisotopic (exact) mass is 390 g/mol. The van der Waals surface area contributed by atoms with Crippen LogP contribution in [-0.4, -0.2) is 27.8 Å². The van der Waals surface area contributed by atoms with Crippen LogP contribution >= 0.6 is 0 Å². The van der Waals surface area contributed by atoms with Gasteiger partial charge in [0.05, 0.1) is 11.1 Å². The van der Waals surface area contributed by atoms with Gasteiger partial charge < -0.3 is 22.1 Å². The summed E-state index contributed by atoms with van der Waals surface area (Å²) in [4.78, 5) is 32.4. The second-order valence-corrected chi connectivity index (χ2v) is 7.27. The molecule has 0 bridgehead atoms. The zero-order valence-corrected chi connectivity index (χ0v) is 15.8. The Morgan fingerprint density at radius 1 is 1.14 bits per heavy atom. The van der Waals surface area contributed by atoms with E-state index in [4.69, 9.17) is 11.5 Å². The van der Waals surface area contributed by atoms with Crippen LogP contribution in [-0.2, 0) is 4.79 Å². The van der Waals surface area contributed by atoms with Gasteiger partial charge in [-0.1, -0.05) is 25.0 Å². The molecule has 1 atom stereocenters. The first-order valence-corrected chi connectivity index (χ1v) is 9.48. The highest BCUT2D eigenvalue weighted by Crippen LogP contribution is 2.34. The Labute approximate surface area is 167 Å². The van der Waals surface area contributed by atoms with E-state index in [1.54, 1.807) is 18.3 Å². The van der Waals surface area contributed by atoms with Gasteiger partial charge in [0.15, 0.2) is 0 Å². The Balaban J connectivity index is 1.61. The molecule has 3 aromatic rings. The number of hydrogen-bond donors (Lipinski definition) is 4. The summed E-state index contributed by atoms with van der Waals surface area (Å²) in [5, 5.41) is 7.22. The van der Waals surface area contributed by atoms with Crippen molar-refractivity contribution in [2.45, 2.75) is 25.3 Å². The minimum atomic E-state index is -0.602. The van der Waals surface area contributed by atoms with Gasteiger partial charge in [0.2, 0.25) is 5.91 Å². The molecule has 4 rings (SSSR count). The lowest BCUT2D eigenvalue weighted by atomic mass is 10.1. The Kier molecular flexibility index (Phi) is 4.99. The topological polar surface area (TPSA) is 136 Å². The quantitative estimate of drug-likeness (QED) is 0.467. The molecule has 1 saturated carbocycles. The van der Waals surface area contributed by atoms with Crippen molar-refractivity contribution in [1.29, 1.82) is 0 Å². The number of nitrogens with zero attached hydrogens (tertiary/aromatic N) is 2. The summed E-state index contributed by atoms with van der Waals surface area (Å²) >= 11 is 0. The third-order valence-corrected chi connectivity index (χ3v) is 4.96. The second-order valence-electron chi connectivity index (χ2n) is 7.27. The molecule has 2 aromatic heterocycles. The standard InChI is InChI=1S/C21H22N6O2/c22-19(28)15-7-8-18(26-17(20(23)29)10-12-3-4-12)27-21(15)25-14-6-5-13-2-1-9-24-16(13)11-14/h1-2,5-9,11-12,17H,3-4,10H2,(H2,22,28)(H2,23,29)(H2,25,26,27). The van der Waals surface area contributed by atoms with Gasteiger partial charge in [-0.2, -0.15) is 0 Å². The van der Waals surface area contributed by atoms with E-state index < -0.39 is 17.9 Å². The minimum Gasteiger partial charge on any atom is -0.368 e. The largest absolute Gasteiger partial charge is 0.368 e. The van der Waals surface area contributed by atoms with Gasteiger partial charge in [-0.25, -0.2) is 4.98 Å². The maximum absolute atomic E-state index is 11.9. The molecule has 2 amide bonds. The van der Waals surface area contributed by atoms with E-state index in [2.05, 4.69) is 20.6 Å². The summed E-state index contributed by atoms with van der Waals surface area (Å²) in [6.07, 6.45) is 4.62. The number of pyridine rings is 2. The van der Waals surface area contributed by atoms with Gasteiger partial charge in [-0.3, -0.25) is 14.6 Å². The number of primary amides is 2. The molecule has 8 heteroatoms. The summed E-state index contributed by atoms with van der Waals surface area (Å²) in [6, 6.07) is 12.2. The lowest BCUT2D eigenvalue weighted by molar-refractivity contribution is -0.118. The molecular weight excluding hydrogens is 368 g/mol. The van der Waals surface area contributed by atoms with Crippen LogP contribution in [0.5, 0.6) is 0 Å². The van der Waals surface area contributed by atoms with E-state index >= 15 is 0 Å². The number of nitrogens with one attached hydrogen (secondary N) is 2. The normalized spacial score (nSPS) is 14.3. The number of anilines is 3. The average molecular weight is 390 g/mol. The van der Waals surface area contributed by atoms with Crippen molar-refractivity contribution in [3.8, 4) is 0 Å². The van der Waals surface area contributed by atoms with Gasteiger partial charge in [0, 0.05) is 17.3 Å². The fourth-order valence-corrected chi connectivity index (χ4v) is 3.23. The SMILES string of the molecule is NC(=O)c1ccc(NC(CC2CC2)C(N)=O)nc1Nc1ccc2cccnc2c1. The Bertz CT molecular complexity index is 1080. The zero-order valence-electron chi connectivity index (χ0n) is 15.8. The minimum absolute atomic E-state index is 0.245. The summed E-state index contributed by atoms with van der Waals surface area (Å²) in [7, 11) is 0. The van der Waals surface area contributed by atoms with Crippen molar-refractivity contribution >= 4 is 40.0 Å². The third-order valence-electron chi connectivity index (χ3n) is 4.96. The van der Waals surface area contributed by atoms with Crippen molar-refractivity contribution in [1.82, 2.24) is 9.97 Å². The smallest absolute Gasteiger partial charge is 0.252 e. The van der Waals surface area contributed by atoms with E-state index in [9.17, 15) is 9.59 Å². The van der Waals surface area contributed by atoms with Crippen molar-refractivity contribution in [2.75, 3.05) is 10.6 Å². The first-order chi connectivity index (χ1) is 14.0. The molecule has 1 unspecified atom stereocenters. The molecule has 0 spiro atoms. The highest BCUT2D eigenvalue weighted by molar-refractivity contribution is 5.99. The predicted octanol–water partition coefficient (Wildman–Crippen LogP) is 2.54. The molecule has 0 saturated heterocycles. The molecule has 1 fully saturated rings. The van der Waals surface area contributed by atoms with E-state index in [-0.39, 0.29) is 5.56 Å². The van der Waals surface area contributed by atoms with Crippen LogP contribution < -0.4 is 22.1 Å². The number of hydrogen-bond acceptors (Lipinski definition) is 6. The lowest BCUT2D eigenvalue weighted by Crippen LogP contribution is -2.36. The molecule has 1 aliphatic carbocycles. The maximum Gasteiger partial charge on any atom is 0.252 e. The Hall–Kier alpha value is -3.68. The van der Waals surface area contributed by atoms with Gasteiger partial charge in [-0.05, 0) is 42.7 Å². The molecule has 2 heterocycles. The fraction of sp³-hybridized carbons (Fsp3) is 0.238. The molecule has 1 aliphatic rings. The first kappa shape index (κ1) is 18.7. The first-order valence-electron chi connectivity index (χ1n) is 9.48. The summed E-state index contributed by atoms with van der Waals surface area (Å²) in [6.45, 7) is 0. The third kappa shape index (κ3) is 4.43. The number of nitrogens with two attached hydrogens (primary N) is 2. The van der Waals surface area contributed by atoms with Crippen LogP contribution in [0.4, 0.5) is 17.3 Å². The molecule has 29 heavy (non-hydrogen) atoms. The van der Waals surface area contributed by atoms with Crippen LogP contribution in [0, 0.1) is 5.92 Å². The van der Waals surface area contributed by atoms with E-state index in [0.717, 1.165) is 23.7 Å². The second kappa shape index (κ2) is 7.75. The highest BCUT2D eigenvalue weighted by atomic mass is 16.1. The Morgan fingerprint density at radius 2 is 1.97 bits per heavy atom. The van der Waals surface area contributed by atoms with Crippen LogP contribution in [0.25, 0.3) is 10.9 Å². The number of rotatable bonds is 8. The molecule has 0 aliphatic heterocycles. The molecular formula is C21H22N6O2. The van der Waals surface area contributed by atoms with Gasteiger partial charge >= 0.3 is 0 Å². The van der Waals surface area contributed by atoms with E-state index in [1.165, 1.54) is 0 Å². The van der Waals surface area contributed by atoms with Crippen molar-refractivity contribution in [3.05, 3.63) is 54.2 Å². The van der Waals surface area contributed by atoms with E-state index in [1.807, 2.05) is 30.3 Å². The lowest BCUT2D eigenvalue weighted by Gasteiger charge is -2.17. The average Bonchev–Trinajstić information content (AvgIpc) is 3.51. The summed E-state index contributed by atoms with van der Waals surface area (Å²) in [5.74, 6) is 0.239.